The summed E-state index contributed by atoms with van der Waals surface area (Å²) in [7, 11) is 2.05. The average Bonchev–Trinajstić information content (AvgIpc) is 2.71. The number of rotatable bonds is 0. The van der Waals surface area contributed by atoms with Crippen LogP contribution in [0.25, 0.3) is 0 Å². The standard InChI is InChI=1S/C11H13ClN2O2/c1-14-3-2-11(6-14)8-4-9(12)13-5-7(8)10(15)16-11/h4-5,10,15H,2-3,6H2,1H3. The first-order valence-corrected chi connectivity index (χ1v) is 5.69. The summed E-state index contributed by atoms with van der Waals surface area (Å²) in [6, 6.07) is 1.81. The zero-order valence-corrected chi connectivity index (χ0v) is 9.74. The van der Waals surface area contributed by atoms with Gasteiger partial charge in [0.2, 0.25) is 0 Å². The summed E-state index contributed by atoms with van der Waals surface area (Å²) in [6.07, 6.45) is 1.62. The normalized spacial score (nSPS) is 33.6. The summed E-state index contributed by atoms with van der Waals surface area (Å²) in [5, 5.41) is 10.3. The molecule has 3 rings (SSSR count). The highest BCUT2D eigenvalue weighted by Gasteiger charge is 2.48. The molecule has 0 bridgehead atoms. The lowest BCUT2D eigenvalue weighted by Gasteiger charge is -2.24. The molecule has 3 heterocycles. The molecular weight excluding hydrogens is 228 g/mol. The Morgan fingerprint density at radius 2 is 2.50 bits per heavy atom. The second-order valence-corrected chi connectivity index (χ2v) is 4.93. The zero-order valence-electron chi connectivity index (χ0n) is 8.98. The van der Waals surface area contributed by atoms with Crippen molar-refractivity contribution in [3.8, 4) is 0 Å². The lowest BCUT2D eigenvalue weighted by Crippen LogP contribution is -2.29. The predicted octanol–water partition coefficient (Wildman–Crippen LogP) is 1.29. The molecule has 0 aromatic carbocycles. The van der Waals surface area contributed by atoms with Crippen molar-refractivity contribution in [1.82, 2.24) is 9.88 Å². The minimum absolute atomic E-state index is 0.393. The van der Waals surface area contributed by atoms with E-state index >= 15 is 0 Å². The molecule has 2 unspecified atom stereocenters. The summed E-state index contributed by atoms with van der Waals surface area (Å²) in [5.74, 6) is 0. The molecular formula is C11H13ClN2O2. The number of hydrogen-bond acceptors (Lipinski definition) is 4. The third kappa shape index (κ3) is 1.38. The van der Waals surface area contributed by atoms with Crippen molar-refractivity contribution in [3.63, 3.8) is 0 Å². The number of likely N-dealkylation sites (N-methyl/N-ethyl adjacent to an activating group) is 1. The highest BCUT2D eigenvalue weighted by molar-refractivity contribution is 6.29. The second-order valence-electron chi connectivity index (χ2n) is 4.55. The fourth-order valence-electron chi connectivity index (χ4n) is 2.65. The number of likely N-dealkylation sites (tertiary alicyclic amines) is 1. The van der Waals surface area contributed by atoms with Crippen LogP contribution >= 0.6 is 11.6 Å². The molecule has 5 heteroatoms. The minimum Gasteiger partial charge on any atom is -0.364 e. The SMILES string of the molecule is CN1CCC2(C1)OC(O)c1cnc(Cl)cc12. The number of fused-ring (bicyclic) bond motifs is 2. The van der Waals surface area contributed by atoms with Gasteiger partial charge < -0.3 is 14.7 Å². The Bertz CT molecular complexity index is 440. The van der Waals surface area contributed by atoms with Crippen molar-refractivity contribution in [2.75, 3.05) is 20.1 Å². The maximum atomic E-state index is 9.86. The summed E-state index contributed by atoms with van der Waals surface area (Å²) in [4.78, 5) is 6.18. The van der Waals surface area contributed by atoms with Crippen LogP contribution in [0.1, 0.15) is 23.8 Å². The van der Waals surface area contributed by atoms with Gasteiger partial charge in [-0.25, -0.2) is 4.98 Å². The Morgan fingerprint density at radius 1 is 1.69 bits per heavy atom. The quantitative estimate of drug-likeness (QED) is 0.694. The largest absolute Gasteiger partial charge is 0.364 e. The van der Waals surface area contributed by atoms with Crippen LogP contribution in [-0.4, -0.2) is 35.1 Å². The average molecular weight is 241 g/mol. The van der Waals surface area contributed by atoms with E-state index in [9.17, 15) is 5.11 Å². The van der Waals surface area contributed by atoms with Gasteiger partial charge in [0.25, 0.3) is 0 Å². The maximum absolute atomic E-state index is 9.86. The number of aromatic nitrogens is 1. The van der Waals surface area contributed by atoms with Gasteiger partial charge >= 0.3 is 0 Å². The molecule has 0 aliphatic carbocycles. The second kappa shape index (κ2) is 3.40. The van der Waals surface area contributed by atoms with Crippen molar-refractivity contribution < 1.29 is 9.84 Å². The summed E-state index contributed by atoms with van der Waals surface area (Å²) < 4.78 is 5.72. The first-order valence-electron chi connectivity index (χ1n) is 5.31. The van der Waals surface area contributed by atoms with E-state index < -0.39 is 11.9 Å². The van der Waals surface area contributed by atoms with Crippen molar-refractivity contribution in [1.29, 1.82) is 0 Å². The Labute approximate surface area is 98.8 Å². The van der Waals surface area contributed by atoms with E-state index in [-0.39, 0.29) is 0 Å². The van der Waals surface area contributed by atoms with Crippen LogP contribution in [0.2, 0.25) is 5.15 Å². The Balaban J connectivity index is 2.10. The van der Waals surface area contributed by atoms with Crippen molar-refractivity contribution in [2.45, 2.75) is 18.3 Å². The van der Waals surface area contributed by atoms with E-state index in [1.807, 2.05) is 13.1 Å². The number of nitrogens with zero attached hydrogens (tertiary/aromatic N) is 2. The molecule has 2 atom stereocenters. The van der Waals surface area contributed by atoms with Crippen LogP contribution in [0.5, 0.6) is 0 Å². The van der Waals surface area contributed by atoms with Gasteiger partial charge in [-0.1, -0.05) is 11.6 Å². The molecule has 1 fully saturated rings. The van der Waals surface area contributed by atoms with Gasteiger partial charge in [0.1, 0.15) is 10.8 Å². The van der Waals surface area contributed by atoms with Gasteiger partial charge in [0.15, 0.2) is 6.29 Å². The van der Waals surface area contributed by atoms with Crippen molar-refractivity contribution >= 4 is 11.6 Å². The smallest absolute Gasteiger partial charge is 0.184 e. The lowest BCUT2D eigenvalue weighted by atomic mass is 9.93. The maximum Gasteiger partial charge on any atom is 0.184 e. The van der Waals surface area contributed by atoms with Crippen LogP contribution in [0.15, 0.2) is 12.3 Å². The molecule has 86 valence electrons. The number of ether oxygens (including phenoxy) is 1. The molecule has 16 heavy (non-hydrogen) atoms. The van der Waals surface area contributed by atoms with Crippen molar-refractivity contribution in [2.24, 2.45) is 0 Å². The zero-order chi connectivity index (χ0) is 11.3. The van der Waals surface area contributed by atoms with Crippen LogP contribution in [0.3, 0.4) is 0 Å². The Hall–Kier alpha value is -0.680. The van der Waals surface area contributed by atoms with Crippen molar-refractivity contribution in [3.05, 3.63) is 28.5 Å². The lowest BCUT2D eigenvalue weighted by molar-refractivity contribution is -0.166. The predicted molar refractivity (Wildman–Crippen MR) is 59.1 cm³/mol. The highest BCUT2D eigenvalue weighted by Crippen LogP contribution is 2.47. The number of pyridine rings is 1. The van der Waals surface area contributed by atoms with Crippen LogP contribution in [0, 0.1) is 0 Å². The minimum atomic E-state index is -0.869. The summed E-state index contributed by atoms with van der Waals surface area (Å²) in [6.45, 7) is 1.75. The Morgan fingerprint density at radius 3 is 3.19 bits per heavy atom. The highest BCUT2D eigenvalue weighted by atomic mass is 35.5. The third-order valence-electron chi connectivity index (χ3n) is 3.42. The fourth-order valence-corrected chi connectivity index (χ4v) is 2.81. The number of aliphatic hydroxyl groups is 1. The molecule has 1 N–H and O–H groups in total. The molecule has 2 aliphatic rings. The molecule has 1 aromatic rings. The topological polar surface area (TPSA) is 45.6 Å². The van der Waals surface area contributed by atoms with Crippen LogP contribution in [-0.2, 0) is 10.3 Å². The molecule has 0 saturated carbocycles. The number of halogens is 1. The summed E-state index contributed by atoms with van der Waals surface area (Å²) in [5.41, 5.74) is 1.35. The number of hydrogen-bond donors (Lipinski definition) is 1. The van der Waals surface area contributed by atoms with E-state index in [2.05, 4.69) is 9.88 Å². The molecule has 1 spiro atoms. The Kier molecular flexibility index (Phi) is 2.23. The van der Waals surface area contributed by atoms with E-state index in [1.54, 1.807) is 6.20 Å². The van der Waals surface area contributed by atoms with Crippen LogP contribution < -0.4 is 0 Å². The first-order chi connectivity index (χ1) is 7.61. The monoisotopic (exact) mass is 240 g/mol. The van der Waals surface area contributed by atoms with Gasteiger partial charge in [-0.05, 0) is 25.1 Å². The molecule has 4 nitrogen and oxygen atoms in total. The first kappa shape index (κ1) is 10.5. The van der Waals surface area contributed by atoms with E-state index in [4.69, 9.17) is 16.3 Å². The van der Waals surface area contributed by atoms with E-state index in [1.165, 1.54) is 0 Å². The molecule has 0 radical (unpaired) electrons. The molecule has 1 aromatic heterocycles. The van der Waals surface area contributed by atoms with Gasteiger partial charge in [-0.3, -0.25) is 0 Å². The third-order valence-corrected chi connectivity index (χ3v) is 3.62. The van der Waals surface area contributed by atoms with Gasteiger partial charge in [0, 0.05) is 24.8 Å². The summed E-state index contributed by atoms with van der Waals surface area (Å²) >= 11 is 5.91. The van der Waals surface area contributed by atoms with Gasteiger partial charge in [0.05, 0.1) is 0 Å². The van der Waals surface area contributed by atoms with E-state index in [0.717, 1.165) is 30.6 Å². The van der Waals surface area contributed by atoms with Gasteiger partial charge in [-0.2, -0.15) is 0 Å². The van der Waals surface area contributed by atoms with Crippen LogP contribution in [0.4, 0.5) is 0 Å². The molecule has 0 amide bonds. The van der Waals surface area contributed by atoms with E-state index in [0.29, 0.717) is 5.15 Å². The fraction of sp³-hybridized carbons (Fsp3) is 0.545. The number of aliphatic hydroxyl groups excluding tert-OH is 1. The van der Waals surface area contributed by atoms with Gasteiger partial charge in [-0.15, -0.1) is 0 Å². The molecule has 1 saturated heterocycles. The molecule has 2 aliphatic heterocycles.